The molecule has 0 radical (unpaired) electrons. The van der Waals surface area contributed by atoms with E-state index in [0.29, 0.717) is 29.8 Å². The minimum Gasteiger partial charge on any atom is -0.333 e. The van der Waals surface area contributed by atoms with Gasteiger partial charge in [0.05, 0.1) is 12.2 Å². The third-order valence-corrected chi connectivity index (χ3v) is 5.46. The number of carbonyl (C=O) groups excluding carboxylic acids is 1. The Labute approximate surface area is 169 Å². The van der Waals surface area contributed by atoms with Crippen LogP contribution in [-0.4, -0.2) is 31.5 Å². The van der Waals surface area contributed by atoms with Crippen molar-refractivity contribution in [3.05, 3.63) is 68.5 Å². The van der Waals surface area contributed by atoms with Crippen molar-refractivity contribution in [3.8, 4) is 0 Å². The highest BCUT2D eigenvalue weighted by atomic mass is 19.1. The van der Waals surface area contributed by atoms with Crippen LogP contribution in [0.3, 0.4) is 0 Å². The van der Waals surface area contributed by atoms with Crippen molar-refractivity contribution in [3.63, 3.8) is 0 Å². The quantitative estimate of drug-likeness (QED) is 0.639. The lowest BCUT2D eigenvalue weighted by Gasteiger charge is -2.22. The number of benzene rings is 1. The summed E-state index contributed by atoms with van der Waals surface area (Å²) in [4.78, 5) is 27.4. The first-order valence-corrected chi connectivity index (χ1v) is 9.91. The average Bonchev–Trinajstić information content (AvgIpc) is 3.08. The summed E-state index contributed by atoms with van der Waals surface area (Å²) in [5.41, 5.74) is 4.11. The van der Waals surface area contributed by atoms with E-state index < -0.39 is 5.82 Å². The molecule has 0 fully saturated rings. The molecule has 154 valence electrons. The molecule has 2 heterocycles. The van der Waals surface area contributed by atoms with E-state index in [0.717, 1.165) is 23.3 Å². The molecule has 0 saturated carbocycles. The highest BCUT2D eigenvalue weighted by Gasteiger charge is 2.22. The molecule has 0 aliphatic heterocycles. The molecule has 0 aliphatic carbocycles. The molecule has 0 atom stereocenters. The van der Waals surface area contributed by atoms with Gasteiger partial charge in [-0.25, -0.2) is 4.39 Å². The van der Waals surface area contributed by atoms with Crippen LogP contribution in [0.15, 0.2) is 29.1 Å². The van der Waals surface area contributed by atoms with Gasteiger partial charge in [-0.3, -0.25) is 9.59 Å². The lowest BCUT2D eigenvalue weighted by atomic mass is 10.1. The van der Waals surface area contributed by atoms with Crippen molar-refractivity contribution >= 4 is 11.6 Å². The van der Waals surface area contributed by atoms with E-state index in [1.54, 1.807) is 17.9 Å². The number of aryl methyl sites for hydroxylation is 2. The van der Waals surface area contributed by atoms with Crippen LogP contribution < -0.4 is 5.56 Å². The zero-order valence-electron chi connectivity index (χ0n) is 17.6. The summed E-state index contributed by atoms with van der Waals surface area (Å²) in [5.74, 6) is -0.687. The highest BCUT2D eigenvalue weighted by Crippen LogP contribution is 2.20. The van der Waals surface area contributed by atoms with Gasteiger partial charge in [-0.15, -0.1) is 0 Å². The predicted molar refractivity (Wildman–Crippen MR) is 111 cm³/mol. The summed E-state index contributed by atoms with van der Waals surface area (Å²) in [5, 5.41) is 4.58. The van der Waals surface area contributed by atoms with E-state index >= 15 is 0 Å². The van der Waals surface area contributed by atoms with E-state index in [1.165, 1.54) is 22.7 Å². The molecule has 0 N–H and O–H groups in total. The van der Waals surface area contributed by atoms with E-state index in [2.05, 4.69) is 5.10 Å². The van der Waals surface area contributed by atoms with E-state index in [1.807, 2.05) is 32.4 Å². The minimum absolute atomic E-state index is 0.143. The molecular weight excluding hydrogens is 371 g/mol. The van der Waals surface area contributed by atoms with Gasteiger partial charge in [-0.05, 0) is 44.9 Å². The lowest BCUT2D eigenvalue weighted by Crippen LogP contribution is -2.32. The Morgan fingerprint density at radius 3 is 2.59 bits per heavy atom. The third-order valence-electron chi connectivity index (χ3n) is 5.46. The molecule has 1 aromatic carbocycles. The van der Waals surface area contributed by atoms with Gasteiger partial charge < -0.3 is 9.47 Å². The van der Waals surface area contributed by atoms with Crippen LogP contribution in [0.5, 0.6) is 0 Å². The number of amides is 1. The zero-order chi connectivity index (χ0) is 21.3. The Hall–Kier alpha value is -2.96. The molecule has 2 aromatic heterocycles. The number of carbonyl (C=O) groups is 1. The summed E-state index contributed by atoms with van der Waals surface area (Å²) in [6, 6.07) is 5.71. The maximum absolute atomic E-state index is 13.6. The van der Waals surface area contributed by atoms with E-state index in [9.17, 15) is 14.0 Å². The first-order valence-electron chi connectivity index (χ1n) is 9.91. The number of fused-ring (bicyclic) bond motifs is 1. The smallest absolute Gasteiger partial charge is 0.277 e. The van der Waals surface area contributed by atoms with Crippen molar-refractivity contribution in [2.24, 2.45) is 7.05 Å². The molecule has 3 rings (SSSR count). The second-order valence-corrected chi connectivity index (χ2v) is 7.33. The molecule has 0 unspecified atom stereocenters. The van der Waals surface area contributed by atoms with Crippen molar-refractivity contribution in [1.82, 2.24) is 19.1 Å². The maximum Gasteiger partial charge on any atom is 0.277 e. The number of rotatable bonds is 6. The summed E-state index contributed by atoms with van der Waals surface area (Å²) in [7, 11) is 1.92. The van der Waals surface area contributed by atoms with Crippen molar-refractivity contribution in [2.45, 2.75) is 47.1 Å². The standard InChI is InChI=1S/C22H27FN4O2/c1-6-11-26(22(29)16-9-8-10-17(23)12-16)13-19-18(7-2)20-25(5)15(4)14(3)21(28)27(20)24-19/h8-10,12H,6-7,11,13H2,1-5H3. The molecule has 7 heteroatoms. The fourth-order valence-electron chi connectivity index (χ4n) is 3.69. The highest BCUT2D eigenvalue weighted by molar-refractivity contribution is 5.94. The van der Waals surface area contributed by atoms with Gasteiger partial charge in [0.25, 0.3) is 11.5 Å². The van der Waals surface area contributed by atoms with Gasteiger partial charge in [0.15, 0.2) is 0 Å². The number of nitrogens with zero attached hydrogens (tertiary/aromatic N) is 4. The van der Waals surface area contributed by atoms with Crippen LogP contribution >= 0.6 is 0 Å². The first-order chi connectivity index (χ1) is 13.8. The lowest BCUT2D eigenvalue weighted by molar-refractivity contribution is 0.0740. The minimum atomic E-state index is -0.441. The first kappa shape index (κ1) is 20.8. The maximum atomic E-state index is 13.6. The fraction of sp³-hybridized carbons (Fsp3) is 0.409. The molecule has 3 aromatic rings. The van der Waals surface area contributed by atoms with Crippen LogP contribution in [0.1, 0.15) is 53.1 Å². The molecule has 0 spiro atoms. The van der Waals surface area contributed by atoms with Crippen LogP contribution in [0.25, 0.3) is 5.65 Å². The Bertz CT molecular complexity index is 1130. The number of hydrogen-bond donors (Lipinski definition) is 0. The Morgan fingerprint density at radius 1 is 1.24 bits per heavy atom. The van der Waals surface area contributed by atoms with Crippen molar-refractivity contribution in [2.75, 3.05) is 6.54 Å². The Kier molecular flexibility index (Phi) is 5.86. The molecule has 0 saturated heterocycles. The summed E-state index contributed by atoms with van der Waals surface area (Å²) in [6.07, 6.45) is 1.44. The summed E-state index contributed by atoms with van der Waals surface area (Å²) < 4.78 is 17.0. The zero-order valence-corrected chi connectivity index (χ0v) is 17.6. The second-order valence-electron chi connectivity index (χ2n) is 7.33. The van der Waals surface area contributed by atoms with E-state index in [-0.39, 0.29) is 18.0 Å². The number of aromatic nitrogens is 3. The molecular formula is C22H27FN4O2. The van der Waals surface area contributed by atoms with E-state index in [4.69, 9.17) is 0 Å². The normalized spacial score (nSPS) is 11.2. The van der Waals surface area contributed by atoms with Gasteiger partial charge in [-0.1, -0.05) is 19.9 Å². The van der Waals surface area contributed by atoms with Gasteiger partial charge in [0, 0.05) is 36.0 Å². The molecule has 29 heavy (non-hydrogen) atoms. The number of halogens is 1. The molecule has 0 bridgehead atoms. The molecule has 1 amide bonds. The van der Waals surface area contributed by atoms with Gasteiger partial charge in [0.2, 0.25) is 0 Å². The van der Waals surface area contributed by atoms with Gasteiger partial charge in [0.1, 0.15) is 11.5 Å². The number of hydrogen-bond acceptors (Lipinski definition) is 3. The SMILES string of the molecule is CCCN(Cc1nn2c(=O)c(C)c(C)n(C)c2c1CC)C(=O)c1cccc(F)c1. The monoisotopic (exact) mass is 398 g/mol. The van der Waals surface area contributed by atoms with Crippen molar-refractivity contribution < 1.29 is 9.18 Å². The molecule has 6 nitrogen and oxygen atoms in total. The predicted octanol–water partition coefficient (Wildman–Crippen LogP) is 3.40. The summed E-state index contributed by atoms with van der Waals surface area (Å²) >= 11 is 0. The van der Waals surface area contributed by atoms with Crippen LogP contribution in [0.4, 0.5) is 4.39 Å². The van der Waals surface area contributed by atoms with Crippen molar-refractivity contribution in [1.29, 1.82) is 0 Å². The van der Waals surface area contributed by atoms with Gasteiger partial charge in [-0.2, -0.15) is 9.61 Å². The van der Waals surface area contributed by atoms with Gasteiger partial charge >= 0.3 is 0 Å². The van der Waals surface area contributed by atoms with Crippen LogP contribution in [0.2, 0.25) is 0 Å². The largest absolute Gasteiger partial charge is 0.333 e. The van der Waals surface area contributed by atoms with Crippen LogP contribution in [-0.2, 0) is 20.0 Å². The summed E-state index contributed by atoms with van der Waals surface area (Å²) in [6.45, 7) is 8.49. The average molecular weight is 398 g/mol. The Morgan fingerprint density at radius 2 is 1.97 bits per heavy atom. The Balaban J connectivity index is 2.09. The second kappa shape index (κ2) is 8.19. The topological polar surface area (TPSA) is 59.6 Å². The fourth-order valence-corrected chi connectivity index (χ4v) is 3.69. The molecule has 0 aliphatic rings. The third kappa shape index (κ3) is 3.69. The van der Waals surface area contributed by atoms with Crippen LogP contribution in [0, 0.1) is 19.7 Å².